The summed E-state index contributed by atoms with van der Waals surface area (Å²) in [5.74, 6) is -2.05. The number of aliphatic hydroxyl groups is 1. The second kappa shape index (κ2) is 7.31. The molecule has 1 saturated carbocycles. The lowest BCUT2D eigenvalue weighted by Crippen LogP contribution is -2.45. The van der Waals surface area contributed by atoms with Gasteiger partial charge in [0.15, 0.2) is 0 Å². The molecular weight excluding hydrogens is 426 g/mol. The van der Waals surface area contributed by atoms with E-state index in [2.05, 4.69) is 9.82 Å². The second-order valence-corrected chi connectivity index (χ2v) is 10.4. The molecule has 1 aromatic carbocycles. The molecule has 3 N–H and O–H groups in total. The van der Waals surface area contributed by atoms with Gasteiger partial charge >= 0.3 is 5.97 Å². The second-order valence-electron chi connectivity index (χ2n) is 7.44. The van der Waals surface area contributed by atoms with Crippen molar-refractivity contribution in [3.05, 3.63) is 66.0 Å². The van der Waals surface area contributed by atoms with E-state index in [0.717, 1.165) is 16.9 Å². The van der Waals surface area contributed by atoms with Crippen molar-refractivity contribution in [3.63, 3.8) is 0 Å². The number of hydrogen-bond acceptors (Lipinski definition) is 6. The third kappa shape index (κ3) is 3.35. The van der Waals surface area contributed by atoms with Crippen LogP contribution in [-0.2, 0) is 14.8 Å². The highest BCUT2D eigenvalue weighted by atomic mass is 32.2. The minimum absolute atomic E-state index is 0.00173. The molecule has 158 valence electrons. The Kier molecular flexibility index (Phi) is 5.05. The van der Waals surface area contributed by atoms with Gasteiger partial charge in [0.25, 0.3) is 10.0 Å². The summed E-state index contributed by atoms with van der Waals surface area (Å²) in [4.78, 5) is 12.1. The van der Waals surface area contributed by atoms with E-state index in [1.54, 1.807) is 50.4 Å². The van der Waals surface area contributed by atoms with Crippen molar-refractivity contribution in [2.24, 2.45) is 5.92 Å². The van der Waals surface area contributed by atoms with Crippen LogP contribution in [0.4, 0.5) is 0 Å². The van der Waals surface area contributed by atoms with Crippen LogP contribution in [0, 0.1) is 5.92 Å². The fourth-order valence-corrected chi connectivity index (χ4v) is 6.51. The minimum atomic E-state index is -4.07. The summed E-state index contributed by atoms with van der Waals surface area (Å²) in [6, 6.07) is 12.1. The Hall–Kier alpha value is -2.53. The molecule has 30 heavy (non-hydrogen) atoms. The van der Waals surface area contributed by atoms with Crippen molar-refractivity contribution in [1.29, 1.82) is 0 Å². The van der Waals surface area contributed by atoms with Gasteiger partial charge in [-0.1, -0.05) is 37.3 Å². The Labute approximate surface area is 177 Å². The Morgan fingerprint density at radius 3 is 2.57 bits per heavy atom. The number of benzene rings is 1. The summed E-state index contributed by atoms with van der Waals surface area (Å²) >= 11 is 0.972. The summed E-state index contributed by atoms with van der Waals surface area (Å²) in [5, 5.41) is 24.2. The number of carbonyl (C=O) groups is 1. The number of sulfonamides is 1. The van der Waals surface area contributed by atoms with Gasteiger partial charge in [0.1, 0.15) is 14.7 Å². The van der Waals surface area contributed by atoms with Gasteiger partial charge in [0.05, 0.1) is 12.3 Å². The lowest BCUT2D eigenvalue weighted by atomic mass is 10.1. The number of nitrogens with zero attached hydrogens (tertiary/aromatic N) is 2. The first-order valence-corrected chi connectivity index (χ1v) is 11.6. The number of rotatable bonds is 7. The first kappa shape index (κ1) is 20.7. The third-order valence-corrected chi connectivity index (χ3v) is 8.61. The fourth-order valence-electron chi connectivity index (χ4n) is 3.82. The van der Waals surface area contributed by atoms with E-state index in [0.29, 0.717) is 10.6 Å². The molecule has 0 aliphatic heterocycles. The van der Waals surface area contributed by atoms with Gasteiger partial charge in [-0.3, -0.25) is 4.79 Å². The lowest BCUT2D eigenvalue weighted by molar-refractivity contribution is -0.140. The number of nitrogens with one attached hydrogen (secondary N) is 1. The maximum Gasteiger partial charge on any atom is 0.325 e. The first-order valence-electron chi connectivity index (χ1n) is 9.32. The van der Waals surface area contributed by atoms with Gasteiger partial charge in [0.2, 0.25) is 0 Å². The Morgan fingerprint density at radius 2 is 1.97 bits per heavy atom. The van der Waals surface area contributed by atoms with Gasteiger partial charge in [0, 0.05) is 17.7 Å². The average Bonchev–Trinajstić information content (AvgIpc) is 3.14. The van der Waals surface area contributed by atoms with Gasteiger partial charge in [-0.15, -0.1) is 11.3 Å². The number of carboxylic acid groups (broad SMARTS) is 1. The Bertz CT molecular complexity index is 1190. The van der Waals surface area contributed by atoms with Crippen LogP contribution < -0.4 is 4.72 Å². The van der Waals surface area contributed by atoms with E-state index in [1.165, 1.54) is 16.9 Å². The lowest BCUT2D eigenvalue weighted by Gasteiger charge is -2.15. The topological polar surface area (TPSA) is 122 Å². The molecule has 2 aromatic heterocycles. The zero-order valence-corrected chi connectivity index (χ0v) is 17.9. The molecule has 3 aromatic rings. The molecule has 10 heteroatoms. The number of hydrogen-bond donors (Lipinski definition) is 3. The number of aliphatic carboxylic acids is 1. The van der Waals surface area contributed by atoms with Crippen LogP contribution >= 0.6 is 11.3 Å². The first-order chi connectivity index (χ1) is 14.2. The van der Waals surface area contributed by atoms with Crippen molar-refractivity contribution in [2.45, 2.75) is 35.6 Å². The minimum Gasteiger partial charge on any atom is -0.480 e. The highest BCUT2D eigenvalue weighted by molar-refractivity contribution is 7.91. The number of aromatic nitrogens is 2. The van der Waals surface area contributed by atoms with Crippen molar-refractivity contribution < 1.29 is 23.4 Å². The number of aliphatic hydroxyl groups excluding tert-OH is 1. The molecule has 2 heterocycles. The van der Waals surface area contributed by atoms with Gasteiger partial charge in [-0.05, 0) is 30.5 Å². The molecule has 4 rings (SSSR count). The van der Waals surface area contributed by atoms with Crippen LogP contribution in [-0.4, -0.2) is 39.9 Å². The van der Waals surface area contributed by atoms with Crippen LogP contribution in [0.3, 0.4) is 0 Å². The van der Waals surface area contributed by atoms with Crippen LogP contribution in [0.2, 0.25) is 0 Å². The predicted octanol–water partition coefficient (Wildman–Crippen LogP) is 2.52. The molecule has 0 amide bonds. The van der Waals surface area contributed by atoms with Crippen molar-refractivity contribution >= 4 is 27.3 Å². The molecule has 0 radical (unpaired) electrons. The van der Waals surface area contributed by atoms with E-state index in [1.807, 2.05) is 6.07 Å². The van der Waals surface area contributed by atoms with Crippen molar-refractivity contribution in [1.82, 2.24) is 14.5 Å². The van der Waals surface area contributed by atoms with Gasteiger partial charge in [-0.2, -0.15) is 9.82 Å². The molecule has 8 nitrogen and oxygen atoms in total. The molecule has 0 saturated heterocycles. The standard InChI is InChI=1S/C20H21N3O5S2/c1-12-18(14-6-4-3-5-7-14)20(12,19(25)26)22-30(27,28)17-9-8-16(29-17)23-11-15(10-21-23)13(2)24/h3-13,18,22,24H,1-2H3,(H,25,26)/t12?,13?,18-,20-/m0/s1. The quantitative estimate of drug-likeness (QED) is 0.512. The fraction of sp³-hybridized carbons (Fsp3) is 0.300. The van der Waals surface area contributed by atoms with Crippen LogP contribution in [0.15, 0.2) is 59.1 Å². The smallest absolute Gasteiger partial charge is 0.325 e. The van der Waals surface area contributed by atoms with E-state index < -0.39 is 39.5 Å². The maximum absolute atomic E-state index is 13.0. The zero-order chi connectivity index (χ0) is 21.7. The molecule has 1 aliphatic rings. The highest BCUT2D eigenvalue weighted by Crippen LogP contribution is 2.58. The molecule has 0 spiro atoms. The Balaban J connectivity index is 1.62. The Morgan fingerprint density at radius 1 is 1.27 bits per heavy atom. The van der Waals surface area contributed by atoms with Crippen LogP contribution in [0.25, 0.3) is 5.00 Å². The summed E-state index contributed by atoms with van der Waals surface area (Å²) in [6.45, 7) is 3.34. The number of thiophene rings is 1. The van der Waals surface area contributed by atoms with E-state index in [4.69, 9.17) is 0 Å². The third-order valence-electron chi connectivity index (χ3n) is 5.56. The normalized spacial score (nSPS) is 24.5. The molecule has 4 atom stereocenters. The summed E-state index contributed by atoms with van der Waals surface area (Å²) in [7, 11) is -4.07. The molecule has 2 unspecified atom stereocenters. The highest BCUT2D eigenvalue weighted by Gasteiger charge is 2.70. The van der Waals surface area contributed by atoms with E-state index in [9.17, 15) is 23.4 Å². The van der Waals surface area contributed by atoms with Crippen molar-refractivity contribution in [2.75, 3.05) is 0 Å². The molecule has 1 fully saturated rings. The summed E-state index contributed by atoms with van der Waals surface area (Å²) in [5.41, 5.74) is -0.201. The SMILES string of the molecule is CC(O)c1cnn(-c2ccc(S(=O)(=O)N[C@@]3(C(=O)O)C(C)[C@H]3c3ccccc3)s2)c1. The van der Waals surface area contributed by atoms with Crippen LogP contribution in [0.5, 0.6) is 0 Å². The summed E-state index contributed by atoms with van der Waals surface area (Å²) in [6.07, 6.45) is 2.44. The average molecular weight is 448 g/mol. The molecular formula is C20H21N3O5S2. The van der Waals surface area contributed by atoms with Gasteiger partial charge < -0.3 is 10.2 Å². The summed E-state index contributed by atoms with van der Waals surface area (Å²) < 4.78 is 30.0. The van der Waals surface area contributed by atoms with Gasteiger partial charge in [-0.25, -0.2) is 13.1 Å². The van der Waals surface area contributed by atoms with E-state index >= 15 is 0 Å². The largest absolute Gasteiger partial charge is 0.480 e. The maximum atomic E-state index is 13.0. The molecule has 0 bridgehead atoms. The van der Waals surface area contributed by atoms with Crippen LogP contribution in [0.1, 0.15) is 37.0 Å². The van der Waals surface area contributed by atoms with E-state index in [-0.39, 0.29) is 4.21 Å². The predicted molar refractivity (Wildman–Crippen MR) is 111 cm³/mol. The zero-order valence-electron chi connectivity index (χ0n) is 16.3. The number of carboxylic acids is 1. The van der Waals surface area contributed by atoms with Crippen molar-refractivity contribution in [3.8, 4) is 5.00 Å². The molecule has 1 aliphatic carbocycles. The monoisotopic (exact) mass is 447 g/mol.